The average molecular weight is 339 g/mol. The summed E-state index contributed by atoms with van der Waals surface area (Å²) in [6.07, 6.45) is 1.55. The van der Waals surface area contributed by atoms with Crippen LogP contribution in [0.3, 0.4) is 0 Å². The summed E-state index contributed by atoms with van der Waals surface area (Å²) in [5, 5.41) is 5.70. The number of nitrogens with one attached hydrogen (secondary N) is 2. The van der Waals surface area contributed by atoms with Crippen LogP contribution in [-0.4, -0.2) is 11.8 Å². The highest BCUT2D eigenvalue weighted by molar-refractivity contribution is 5.93. The van der Waals surface area contributed by atoms with E-state index in [2.05, 4.69) is 10.6 Å². The molecular weight excluding hydrogens is 314 g/mol. The van der Waals surface area contributed by atoms with Gasteiger partial charge in [-0.15, -0.1) is 0 Å². The summed E-state index contributed by atoms with van der Waals surface area (Å²) in [5.74, 6) is 0.267. The van der Waals surface area contributed by atoms with Crippen LogP contribution in [0.25, 0.3) is 0 Å². The molecule has 2 rings (SSSR count). The first-order valence-corrected chi connectivity index (χ1v) is 8.46. The lowest BCUT2D eigenvalue weighted by atomic mass is 10.1. The van der Waals surface area contributed by atoms with Gasteiger partial charge in [-0.25, -0.2) is 0 Å². The first-order valence-electron chi connectivity index (χ1n) is 8.46. The highest BCUT2D eigenvalue weighted by Crippen LogP contribution is 2.15. The standard InChI is InChI=1S/C20H25N3O2/c1-14(2)13-20(25)23-18-10-8-17(9-11-18)22-19(24)12-5-15-3-6-16(21)7-4-15/h3-4,6-11,14H,5,12-13,21H2,1-2H3,(H,22,24)(H,23,25). The van der Waals surface area contributed by atoms with Gasteiger partial charge in [0.25, 0.3) is 0 Å². The van der Waals surface area contributed by atoms with Crippen LogP contribution in [0.15, 0.2) is 48.5 Å². The molecular formula is C20H25N3O2. The van der Waals surface area contributed by atoms with Crippen LogP contribution in [0.4, 0.5) is 17.1 Å². The van der Waals surface area contributed by atoms with Gasteiger partial charge in [-0.3, -0.25) is 9.59 Å². The topological polar surface area (TPSA) is 84.2 Å². The van der Waals surface area contributed by atoms with E-state index in [0.29, 0.717) is 36.6 Å². The average Bonchev–Trinajstić information content (AvgIpc) is 2.55. The zero-order valence-electron chi connectivity index (χ0n) is 14.7. The minimum absolute atomic E-state index is 0.00437. The van der Waals surface area contributed by atoms with Crippen molar-refractivity contribution in [1.82, 2.24) is 0 Å². The van der Waals surface area contributed by atoms with Crippen molar-refractivity contribution in [2.75, 3.05) is 16.4 Å². The first-order chi connectivity index (χ1) is 11.9. The van der Waals surface area contributed by atoms with E-state index in [1.54, 1.807) is 24.3 Å². The lowest BCUT2D eigenvalue weighted by Gasteiger charge is -2.09. The number of nitrogens with two attached hydrogens (primary N) is 1. The van der Waals surface area contributed by atoms with Gasteiger partial charge in [0, 0.05) is 29.9 Å². The molecule has 4 N–H and O–H groups in total. The van der Waals surface area contributed by atoms with E-state index >= 15 is 0 Å². The van der Waals surface area contributed by atoms with Crippen LogP contribution in [0.1, 0.15) is 32.3 Å². The van der Waals surface area contributed by atoms with Crippen LogP contribution in [0, 0.1) is 5.92 Å². The molecule has 0 saturated carbocycles. The maximum absolute atomic E-state index is 12.0. The zero-order valence-corrected chi connectivity index (χ0v) is 14.7. The molecule has 0 fully saturated rings. The third-order valence-corrected chi connectivity index (χ3v) is 3.67. The Hall–Kier alpha value is -2.82. The van der Waals surface area contributed by atoms with Gasteiger partial charge in [0.1, 0.15) is 0 Å². The largest absolute Gasteiger partial charge is 0.399 e. The number of amides is 2. The predicted octanol–water partition coefficient (Wildman–Crippen LogP) is 3.82. The Labute approximate surface area is 148 Å². The number of nitrogen functional groups attached to an aromatic ring is 1. The first kappa shape index (κ1) is 18.5. The van der Waals surface area contributed by atoms with E-state index in [0.717, 1.165) is 11.3 Å². The third-order valence-electron chi connectivity index (χ3n) is 3.67. The molecule has 0 aliphatic rings. The molecule has 25 heavy (non-hydrogen) atoms. The van der Waals surface area contributed by atoms with Crippen molar-refractivity contribution in [2.45, 2.75) is 33.1 Å². The Morgan fingerprint density at radius 3 is 1.92 bits per heavy atom. The number of anilines is 3. The van der Waals surface area contributed by atoms with Crippen LogP contribution in [0.2, 0.25) is 0 Å². The van der Waals surface area contributed by atoms with Gasteiger partial charge in [-0.2, -0.15) is 0 Å². The van der Waals surface area contributed by atoms with Crippen molar-refractivity contribution >= 4 is 28.9 Å². The van der Waals surface area contributed by atoms with E-state index in [4.69, 9.17) is 5.73 Å². The maximum atomic E-state index is 12.0. The number of rotatable bonds is 7. The third kappa shape index (κ3) is 6.67. The van der Waals surface area contributed by atoms with E-state index in [1.807, 2.05) is 38.1 Å². The molecule has 0 atom stereocenters. The minimum Gasteiger partial charge on any atom is -0.399 e. The Bertz CT molecular complexity index is 707. The Kier molecular flexibility index (Phi) is 6.57. The lowest BCUT2D eigenvalue weighted by Crippen LogP contribution is -2.14. The lowest BCUT2D eigenvalue weighted by molar-refractivity contribution is -0.117. The van der Waals surface area contributed by atoms with Crippen LogP contribution < -0.4 is 16.4 Å². The van der Waals surface area contributed by atoms with E-state index in [9.17, 15) is 9.59 Å². The smallest absolute Gasteiger partial charge is 0.224 e. The van der Waals surface area contributed by atoms with Crippen LogP contribution in [-0.2, 0) is 16.0 Å². The molecule has 2 aromatic carbocycles. The van der Waals surface area contributed by atoms with Gasteiger partial charge in [0.05, 0.1) is 0 Å². The van der Waals surface area contributed by atoms with Gasteiger partial charge in [0.15, 0.2) is 0 Å². The number of hydrogen-bond acceptors (Lipinski definition) is 3. The van der Waals surface area contributed by atoms with Gasteiger partial charge >= 0.3 is 0 Å². The number of aryl methyl sites for hydroxylation is 1. The SMILES string of the molecule is CC(C)CC(=O)Nc1ccc(NC(=O)CCc2ccc(N)cc2)cc1. The molecule has 0 radical (unpaired) electrons. The highest BCUT2D eigenvalue weighted by atomic mass is 16.2. The van der Waals surface area contributed by atoms with Crippen molar-refractivity contribution in [1.29, 1.82) is 0 Å². The molecule has 2 aromatic rings. The van der Waals surface area contributed by atoms with E-state index in [1.165, 1.54) is 0 Å². The fourth-order valence-electron chi connectivity index (χ4n) is 2.39. The highest BCUT2D eigenvalue weighted by Gasteiger charge is 2.06. The number of carbonyl (C=O) groups excluding carboxylic acids is 2. The number of carbonyl (C=O) groups is 2. The molecule has 0 heterocycles. The van der Waals surface area contributed by atoms with Crippen LogP contribution >= 0.6 is 0 Å². The normalized spacial score (nSPS) is 10.5. The summed E-state index contributed by atoms with van der Waals surface area (Å²) in [6.45, 7) is 4.01. The van der Waals surface area contributed by atoms with Gasteiger partial charge in [0.2, 0.25) is 11.8 Å². The van der Waals surface area contributed by atoms with E-state index in [-0.39, 0.29) is 11.8 Å². The van der Waals surface area contributed by atoms with Crippen molar-refractivity contribution in [3.05, 3.63) is 54.1 Å². The summed E-state index contributed by atoms with van der Waals surface area (Å²) in [6, 6.07) is 14.7. The minimum atomic E-state index is -0.0478. The molecule has 2 amide bonds. The van der Waals surface area contributed by atoms with E-state index < -0.39 is 0 Å². The molecule has 132 valence electrons. The van der Waals surface area contributed by atoms with Crippen molar-refractivity contribution in [3.8, 4) is 0 Å². The van der Waals surface area contributed by atoms with Gasteiger partial charge in [-0.1, -0.05) is 26.0 Å². The second-order valence-corrected chi connectivity index (χ2v) is 6.51. The summed E-state index contributed by atoms with van der Waals surface area (Å²) in [7, 11) is 0. The molecule has 0 spiro atoms. The fraction of sp³-hybridized carbons (Fsp3) is 0.300. The molecule has 5 nitrogen and oxygen atoms in total. The summed E-state index contributed by atoms with van der Waals surface area (Å²) in [4.78, 5) is 23.8. The maximum Gasteiger partial charge on any atom is 0.224 e. The molecule has 0 bridgehead atoms. The quantitative estimate of drug-likeness (QED) is 0.670. The monoisotopic (exact) mass is 339 g/mol. The fourth-order valence-corrected chi connectivity index (χ4v) is 2.39. The second kappa shape index (κ2) is 8.87. The summed E-state index contributed by atoms with van der Waals surface area (Å²) >= 11 is 0. The Morgan fingerprint density at radius 1 is 0.880 bits per heavy atom. The van der Waals surface area contributed by atoms with Gasteiger partial charge < -0.3 is 16.4 Å². The molecule has 0 aliphatic heterocycles. The number of hydrogen-bond donors (Lipinski definition) is 3. The Balaban J connectivity index is 1.80. The molecule has 0 aliphatic carbocycles. The van der Waals surface area contributed by atoms with Crippen LogP contribution in [0.5, 0.6) is 0 Å². The van der Waals surface area contributed by atoms with Crippen molar-refractivity contribution in [2.24, 2.45) is 5.92 Å². The molecule has 0 unspecified atom stereocenters. The van der Waals surface area contributed by atoms with Crippen molar-refractivity contribution in [3.63, 3.8) is 0 Å². The molecule has 0 aromatic heterocycles. The molecule has 5 heteroatoms. The van der Waals surface area contributed by atoms with Gasteiger partial charge in [-0.05, 0) is 54.3 Å². The summed E-state index contributed by atoms with van der Waals surface area (Å²) in [5.41, 5.74) is 8.88. The Morgan fingerprint density at radius 2 is 1.40 bits per heavy atom. The second-order valence-electron chi connectivity index (χ2n) is 6.51. The molecule has 0 saturated heterocycles. The predicted molar refractivity (Wildman–Crippen MR) is 102 cm³/mol. The van der Waals surface area contributed by atoms with Crippen molar-refractivity contribution < 1.29 is 9.59 Å². The number of benzene rings is 2. The summed E-state index contributed by atoms with van der Waals surface area (Å²) < 4.78 is 0. The zero-order chi connectivity index (χ0) is 18.2.